The van der Waals surface area contributed by atoms with Crippen LogP contribution >= 0.6 is 0 Å². The van der Waals surface area contributed by atoms with E-state index in [1.54, 1.807) is 0 Å². The van der Waals surface area contributed by atoms with Crippen molar-refractivity contribution >= 4 is 0 Å². The summed E-state index contributed by atoms with van der Waals surface area (Å²) in [5, 5.41) is 21.2. The molecule has 2 rings (SSSR count). The van der Waals surface area contributed by atoms with Gasteiger partial charge >= 0.3 is 0 Å². The molecule has 0 aliphatic rings. The summed E-state index contributed by atoms with van der Waals surface area (Å²) < 4.78 is 0. The SMILES string of the molecule is CCCCCC(CCC)Cc1ccc(O)c(Cc2cc(CC(CCC)CCCCC)ccc2O)c1. The minimum absolute atomic E-state index is 0.333. The van der Waals surface area contributed by atoms with E-state index in [1.807, 2.05) is 12.1 Å². The van der Waals surface area contributed by atoms with Crippen molar-refractivity contribution in [2.75, 3.05) is 0 Å². The van der Waals surface area contributed by atoms with Gasteiger partial charge < -0.3 is 10.2 Å². The van der Waals surface area contributed by atoms with E-state index in [1.165, 1.54) is 88.2 Å². The first-order chi connectivity index (χ1) is 17.0. The van der Waals surface area contributed by atoms with Crippen molar-refractivity contribution in [2.45, 2.75) is 124 Å². The topological polar surface area (TPSA) is 40.5 Å². The lowest BCUT2D eigenvalue weighted by Gasteiger charge is -2.18. The third kappa shape index (κ3) is 10.7. The third-order valence-corrected chi connectivity index (χ3v) is 7.54. The van der Waals surface area contributed by atoms with Gasteiger partial charge in [0, 0.05) is 6.42 Å². The standard InChI is InChI=1S/C33H52O2/c1-5-9-11-15-26(13-7-3)21-28-17-19-32(34)30(23-28)25-31-24-29(18-20-33(31)35)22-27(14-8-4)16-12-10-6-2/h17-20,23-24,26-27,34-35H,5-16,21-22,25H2,1-4H3. The number of unbranched alkanes of at least 4 members (excludes halogenated alkanes) is 4. The molecule has 35 heavy (non-hydrogen) atoms. The molecule has 2 N–H and O–H groups in total. The Morgan fingerprint density at radius 3 is 1.34 bits per heavy atom. The van der Waals surface area contributed by atoms with Crippen molar-refractivity contribution in [1.29, 1.82) is 0 Å². The zero-order valence-corrected chi connectivity index (χ0v) is 23.1. The van der Waals surface area contributed by atoms with E-state index >= 15 is 0 Å². The van der Waals surface area contributed by atoms with Crippen molar-refractivity contribution in [3.8, 4) is 11.5 Å². The van der Waals surface area contributed by atoms with Crippen molar-refractivity contribution < 1.29 is 10.2 Å². The Kier molecular flexibility index (Phi) is 13.9. The number of rotatable bonds is 18. The van der Waals surface area contributed by atoms with E-state index in [4.69, 9.17) is 0 Å². The van der Waals surface area contributed by atoms with Gasteiger partial charge in [0.2, 0.25) is 0 Å². The Labute approximate surface area is 216 Å². The fourth-order valence-corrected chi connectivity index (χ4v) is 5.57. The van der Waals surface area contributed by atoms with E-state index in [9.17, 15) is 10.2 Å². The molecule has 2 heteroatoms. The van der Waals surface area contributed by atoms with Gasteiger partial charge in [-0.2, -0.15) is 0 Å². The minimum Gasteiger partial charge on any atom is -0.508 e. The molecular formula is C33H52O2. The van der Waals surface area contributed by atoms with Crippen LogP contribution in [0.2, 0.25) is 0 Å². The molecule has 0 fully saturated rings. The van der Waals surface area contributed by atoms with Crippen LogP contribution in [0, 0.1) is 11.8 Å². The van der Waals surface area contributed by atoms with Crippen LogP contribution in [0.4, 0.5) is 0 Å². The van der Waals surface area contributed by atoms with Gasteiger partial charge in [0.15, 0.2) is 0 Å². The highest BCUT2D eigenvalue weighted by Gasteiger charge is 2.14. The van der Waals surface area contributed by atoms with Crippen LogP contribution in [-0.2, 0) is 19.3 Å². The molecule has 0 saturated heterocycles. The van der Waals surface area contributed by atoms with Gasteiger partial charge in [0.1, 0.15) is 11.5 Å². The lowest BCUT2D eigenvalue weighted by Crippen LogP contribution is -2.06. The molecule has 0 aromatic heterocycles. The quantitative estimate of drug-likeness (QED) is 0.208. The number of phenols is 2. The first kappa shape index (κ1) is 29.3. The van der Waals surface area contributed by atoms with E-state index in [0.29, 0.717) is 29.8 Å². The van der Waals surface area contributed by atoms with E-state index in [0.717, 1.165) is 24.0 Å². The molecule has 0 bridgehead atoms. The summed E-state index contributed by atoms with van der Waals surface area (Å²) in [6.45, 7) is 9.09. The molecule has 2 aromatic carbocycles. The highest BCUT2D eigenvalue weighted by molar-refractivity contribution is 5.44. The smallest absolute Gasteiger partial charge is 0.119 e. The van der Waals surface area contributed by atoms with Crippen LogP contribution in [0.1, 0.15) is 127 Å². The summed E-state index contributed by atoms with van der Waals surface area (Å²) in [6, 6.07) is 12.2. The molecular weight excluding hydrogens is 428 g/mol. The second-order valence-corrected chi connectivity index (χ2v) is 10.8. The Morgan fingerprint density at radius 1 is 0.543 bits per heavy atom. The van der Waals surface area contributed by atoms with Crippen LogP contribution in [-0.4, -0.2) is 10.2 Å². The minimum atomic E-state index is 0.333. The zero-order chi connectivity index (χ0) is 25.5. The zero-order valence-electron chi connectivity index (χ0n) is 23.1. The predicted molar refractivity (Wildman–Crippen MR) is 152 cm³/mol. The summed E-state index contributed by atoms with van der Waals surface area (Å²) in [5.74, 6) is 2.09. The molecule has 0 aliphatic heterocycles. The van der Waals surface area contributed by atoms with Crippen LogP contribution in [0.5, 0.6) is 11.5 Å². The van der Waals surface area contributed by atoms with Gasteiger partial charge in [-0.1, -0.05) is 129 Å². The lowest BCUT2D eigenvalue weighted by molar-refractivity contribution is 0.420. The van der Waals surface area contributed by atoms with Gasteiger partial charge in [0.05, 0.1) is 0 Å². The first-order valence-corrected chi connectivity index (χ1v) is 14.6. The molecule has 0 amide bonds. The second kappa shape index (κ2) is 16.7. The fraction of sp³-hybridized carbons (Fsp3) is 0.636. The van der Waals surface area contributed by atoms with Crippen molar-refractivity contribution in [3.63, 3.8) is 0 Å². The van der Waals surface area contributed by atoms with Crippen LogP contribution in [0.3, 0.4) is 0 Å². The summed E-state index contributed by atoms with van der Waals surface area (Å²) in [4.78, 5) is 0. The summed E-state index contributed by atoms with van der Waals surface area (Å²) in [7, 11) is 0. The Bertz CT molecular complexity index is 771. The average Bonchev–Trinajstić information content (AvgIpc) is 2.84. The molecule has 2 aromatic rings. The second-order valence-electron chi connectivity index (χ2n) is 10.8. The molecule has 2 nitrogen and oxygen atoms in total. The number of hydrogen-bond acceptors (Lipinski definition) is 2. The summed E-state index contributed by atoms with van der Waals surface area (Å²) in [6.07, 6.45) is 18.1. The van der Waals surface area contributed by atoms with Crippen LogP contribution < -0.4 is 0 Å². The van der Waals surface area contributed by atoms with Gasteiger partial charge in [-0.15, -0.1) is 0 Å². The number of aromatic hydroxyl groups is 2. The lowest BCUT2D eigenvalue weighted by atomic mass is 9.88. The maximum atomic E-state index is 10.6. The van der Waals surface area contributed by atoms with Gasteiger partial charge in [-0.05, 0) is 59.1 Å². The third-order valence-electron chi connectivity index (χ3n) is 7.54. The molecule has 0 aliphatic carbocycles. The first-order valence-electron chi connectivity index (χ1n) is 14.6. The fourth-order valence-electron chi connectivity index (χ4n) is 5.57. The maximum Gasteiger partial charge on any atom is 0.119 e. The highest BCUT2D eigenvalue weighted by Crippen LogP contribution is 2.30. The normalized spacial score (nSPS) is 13.1. The maximum absolute atomic E-state index is 10.6. The van der Waals surface area contributed by atoms with Gasteiger partial charge in [-0.3, -0.25) is 0 Å². The molecule has 0 heterocycles. The Morgan fingerprint density at radius 2 is 0.971 bits per heavy atom. The van der Waals surface area contributed by atoms with Crippen molar-refractivity contribution in [3.05, 3.63) is 58.7 Å². The van der Waals surface area contributed by atoms with Gasteiger partial charge in [-0.25, -0.2) is 0 Å². The highest BCUT2D eigenvalue weighted by atomic mass is 16.3. The van der Waals surface area contributed by atoms with E-state index in [2.05, 4.69) is 52.0 Å². The number of phenolic OH excluding ortho intramolecular Hbond substituents is 2. The van der Waals surface area contributed by atoms with Crippen molar-refractivity contribution in [2.24, 2.45) is 11.8 Å². The van der Waals surface area contributed by atoms with E-state index < -0.39 is 0 Å². The van der Waals surface area contributed by atoms with Gasteiger partial charge in [0.25, 0.3) is 0 Å². The number of benzene rings is 2. The Balaban J connectivity index is 2.13. The molecule has 0 saturated carbocycles. The Hall–Kier alpha value is -1.96. The monoisotopic (exact) mass is 480 g/mol. The average molecular weight is 481 g/mol. The molecule has 2 atom stereocenters. The molecule has 2 unspecified atom stereocenters. The molecule has 0 spiro atoms. The number of hydrogen-bond donors (Lipinski definition) is 2. The summed E-state index contributed by atoms with van der Waals surface area (Å²) in [5.41, 5.74) is 4.46. The van der Waals surface area contributed by atoms with Crippen molar-refractivity contribution in [1.82, 2.24) is 0 Å². The predicted octanol–water partition coefficient (Wildman–Crippen LogP) is 9.77. The van der Waals surface area contributed by atoms with Crippen LogP contribution in [0.25, 0.3) is 0 Å². The van der Waals surface area contributed by atoms with E-state index in [-0.39, 0.29) is 0 Å². The van der Waals surface area contributed by atoms with Crippen LogP contribution in [0.15, 0.2) is 36.4 Å². The molecule has 196 valence electrons. The molecule has 0 radical (unpaired) electrons. The largest absolute Gasteiger partial charge is 0.508 e. The summed E-state index contributed by atoms with van der Waals surface area (Å²) >= 11 is 0.